The number of amides is 2. The SMILES string of the molecule is COc1ccc(NC(C)C(=O)Nc2ccc(F)c(Cl)c2)cc1OCC(N)=O. The van der Waals surface area contributed by atoms with Gasteiger partial charge in [-0.15, -0.1) is 0 Å². The Hall–Kier alpha value is -3.00. The van der Waals surface area contributed by atoms with Gasteiger partial charge in [0.15, 0.2) is 18.1 Å². The van der Waals surface area contributed by atoms with E-state index in [9.17, 15) is 14.0 Å². The third kappa shape index (κ3) is 5.75. The third-order valence-electron chi connectivity index (χ3n) is 3.50. The fourth-order valence-corrected chi connectivity index (χ4v) is 2.35. The highest BCUT2D eigenvalue weighted by atomic mass is 35.5. The smallest absolute Gasteiger partial charge is 0.255 e. The number of carbonyl (C=O) groups is 2. The van der Waals surface area contributed by atoms with E-state index in [1.165, 1.54) is 25.3 Å². The minimum atomic E-state index is -0.633. The molecule has 0 bridgehead atoms. The molecular formula is C18H19ClFN3O4. The summed E-state index contributed by atoms with van der Waals surface area (Å²) >= 11 is 5.70. The fourth-order valence-electron chi connectivity index (χ4n) is 2.17. The first-order chi connectivity index (χ1) is 12.8. The summed E-state index contributed by atoms with van der Waals surface area (Å²) in [5, 5.41) is 5.55. The van der Waals surface area contributed by atoms with Crippen molar-refractivity contribution in [2.24, 2.45) is 5.73 Å². The van der Waals surface area contributed by atoms with Crippen molar-refractivity contribution in [2.45, 2.75) is 13.0 Å². The number of carbonyl (C=O) groups excluding carboxylic acids is 2. The summed E-state index contributed by atoms with van der Waals surface area (Å²) in [6.45, 7) is 1.34. The number of ether oxygens (including phenoxy) is 2. The molecule has 27 heavy (non-hydrogen) atoms. The first kappa shape index (κ1) is 20.3. The quantitative estimate of drug-likeness (QED) is 0.637. The number of rotatable bonds is 8. The summed E-state index contributed by atoms with van der Waals surface area (Å²) in [4.78, 5) is 23.2. The van der Waals surface area contributed by atoms with Crippen molar-refractivity contribution >= 4 is 34.8 Å². The molecule has 0 aliphatic heterocycles. The molecule has 1 atom stereocenters. The Bertz CT molecular complexity index is 847. The van der Waals surface area contributed by atoms with E-state index in [4.69, 9.17) is 26.8 Å². The number of nitrogens with two attached hydrogens (primary N) is 1. The van der Waals surface area contributed by atoms with Crippen LogP contribution in [0.1, 0.15) is 6.92 Å². The highest BCUT2D eigenvalue weighted by molar-refractivity contribution is 6.31. The monoisotopic (exact) mass is 395 g/mol. The van der Waals surface area contributed by atoms with Gasteiger partial charge >= 0.3 is 0 Å². The van der Waals surface area contributed by atoms with Crippen molar-refractivity contribution in [3.8, 4) is 11.5 Å². The molecule has 144 valence electrons. The average Bonchev–Trinajstić information content (AvgIpc) is 2.63. The molecule has 2 amide bonds. The zero-order valence-electron chi connectivity index (χ0n) is 14.7. The standard InChI is InChI=1S/C18H19ClFN3O4/c1-10(18(25)23-11-3-5-14(20)13(19)7-11)22-12-4-6-15(26-2)16(8-12)27-9-17(21)24/h3-8,10,22H,9H2,1-2H3,(H2,21,24)(H,23,25). The van der Waals surface area contributed by atoms with Crippen LogP contribution in [0.4, 0.5) is 15.8 Å². The largest absolute Gasteiger partial charge is 0.493 e. The van der Waals surface area contributed by atoms with Gasteiger partial charge in [0.05, 0.1) is 12.1 Å². The van der Waals surface area contributed by atoms with E-state index in [1.807, 2.05) is 0 Å². The van der Waals surface area contributed by atoms with Crippen molar-refractivity contribution in [1.82, 2.24) is 0 Å². The van der Waals surface area contributed by atoms with Crippen molar-refractivity contribution in [3.05, 3.63) is 47.2 Å². The molecule has 0 aliphatic rings. The van der Waals surface area contributed by atoms with Crippen molar-refractivity contribution in [3.63, 3.8) is 0 Å². The minimum Gasteiger partial charge on any atom is -0.493 e. The van der Waals surface area contributed by atoms with E-state index in [-0.39, 0.29) is 17.5 Å². The Morgan fingerprint density at radius 3 is 2.52 bits per heavy atom. The molecule has 0 aliphatic carbocycles. The molecule has 4 N–H and O–H groups in total. The van der Waals surface area contributed by atoms with E-state index < -0.39 is 17.8 Å². The predicted octanol–water partition coefficient (Wildman–Crippen LogP) is 2.79. The summed E-state index contributed by atoms with van der Waals surface area (Å²) in [5.74, 6) is -0.823. The van der Waals surface area contributed by atoms with Crippen LogP contribution in [0, 0.1) is 5.82 Å². The zero-order chi connectivity index (χ0) is 20.0. The molecule has 2 rings (SSSR count). The summed E-state index contributed by atoms with van der Waals surface area (Å²) in [7, 11) is 1.46. The number of hydrogen-bond acceptors (Lipinski definition) is 5. The number of anilines is 2. The fraction of sp³-hybridized carbons (Fsp3) is 0.222. The second-order valence-corrected chi connectivity index (χ2v) is 6.01. The molecular weight excluding hydrogens is 377 g/mol. The van der Waals surface area contributed by atoms with Crippen LogP contribution in [-0.4, -0.2) is 31.6 Å². The number of hydrogen-bond donors (Lipinski definition) is 3. The zero-order valence-corrected chi connectivity index (χ0v) is 15.5. The molecule has 0 radical (unpaired) electrons. The highest BCUT2D eigenvalue weighted by Crippen LogP contribution is 2.30. The molecule has 0 saturated carbocycles. The van der Waals surface area contributed by atoms with Crippen LogP contribution in [0.3, 0.4) is 0 Å². The van der Waals surface area contributed by atoms with Crippen LogP contribution in [0.2, 0.25) is 5.02 Å². The molecule has 7 nitrogen and oxygen atoms in total. The van der Waals surface area contributed by atoms with Gasteiger partial charge in [-0.2, -0.15) is 0 Å². The molecule has 0 heterocycles. The Balaban J connectivity index is 2.05. The van der Waals surface area contributed by atoms with Gasteiger partial charge in [0.1, 0.15) is 11.9 Å². The Kier molecular flexibility index (Phi) is 6.84. The maximum absolute atomic E-state index is 13.2. The number of nitrogens with one attached hydrogen (secondary N) is 2. The molecule has 2 aromatic rings. The summed E-state index contributed by atoms with van der Waals surface area (Å²) < 4.78 is 23.6. The van der Waals surface area contributed by atoms with E-state index in [2.05, 4.69) is 10.6 Å². The maximum Gasteiger partial charge on any atom is 0.255 e. The lowest BCUT2D eigenvalue weighted by molar-refractivity contribution is -0.120. The summed E-state index contributed by atoms with van der Waals surface area (Å²) in [6, 6.07) is 8.17. The van der Waals surface area contributed by atoms with E-state index >= 15 is 0 Å². The Morgan fingerprint density at radius 2 is 1.89 bits per heavy atom. The van der Waals surface area contributed by atoms with Crippen LogP contribution in [-0.2, 0) is 9.59 Å². The van der Waals surface area contributed by atoms with Crippen LogP contribution in [0.5, 0.6) is 11.5 Å². The van der Waals surface area contributed by atoms with E-state index in [1.54, 1.807) is 25.1 Å². The van der Waals surface area contributed by atoms with Gasteiger partial charge in [-0.3, -0.25) is 9.59 Å². The molecule has 0 aromatic heterocycles. The topological polar surface area (TPSA) is 103 Å². The second-order valence-electron chi connectivity index (χ2n) is 5.60. The second kappa shape index (κ2) is 9.09. The Labute approximate surface area is 160 Å². The van der Waals surface area contributed by atoms with Crippen LogP contribution in [0.25, 0.3) is 0 Å². The van der Waals surface area contributed by atoms with Gasteiger partial charge in [-0.05, 0) is 37.3 Å². The molecule has 0 saturated heterocycles. The van der Waals surface area contributed by atoms with Gasteiger partial charge in [0.2, 0.25) is 5.91 Å². The van der Waals surface area contributed by atoms with Crippen molar-refractivity contribution in [1.29, 1.82) is 0 Å². The van der Waals surface area contributed by atoms with Crippen LogP contribution in [0.15, 0.2) is 36.4 Å². The van der Waals surface area contributed by atoms with Gasteiger partial charge in [-0.1, -0.05) is 11.6 Å². The first-order valence-corrected chi connectivity index (χ1v) is 8.29. The van der Waals surface area contributed by atoms with Gasteiger partial charge in [0, 0.05) is 17.4 Å². The van der Waals surface area contributed by atoms with Crippen LogP contribution >= 0.6 is 11.6 Å². The number of benzene rings is 2. The molecule has 0 spiro atoms. The van der Waals surface area contributed by atoms with Crippen molar-refractivity contribution in [2.75, 3.05) is 24.4 Å². The van der Waals surface area contributed by atoms with Crippen molar-refractivity contribution < 1.29 is 23.5 Å². The van der Waals surface area contributed by atoms with Crippen LogP contribution < -0.4 is 25.8 Å². The van der Waals surface area contributed by atoms with Gasteiger partial charge in [-0.25, -0.2) is 4.39 Å². The first-order valence-electron chi connectivity index (χ1n) is 7.91. The van der Waals surface area contributed by atoms with Gasteiger partial charge in [0.25, 0.3) is 5.91 Å². The van der Waals surface area contributed by atoms with E-state index in [0.29, 0.717) is 22.9 Å². The normalized spacial score (nSPS) is 11.4. The number of halogens is 2. The maximum atomic E-state index is 13.2. The molecule has 1 unspecified atom stereocenters. The summed E-state index contributed by atoms with van der Waals surface area (Å²) in [5.41, 5.74) is 6.02. The summed E-state index contributed by atoms with van der Waals surface area (Å²) in [6.07, 6.45) is 0. The average molecular weight is 396 g/mol. The number of methoxy groups -OCH3 is 1. The molecule has 9 heteroatoms. The predicted molar refractivity (Wildman–Crippen MR) is 101 cm³/mol. The highest BCUT2D eigenvalue weighted by Gasteiger charge is 2.15. The third-order valence-corrected chi connectivity index (χ3v) is 3.79. The molecule has 2 aromatic carbocycles. The lowest BCUT2D eigenvalue weighted by Crippen LogP contribution is -2.31. The Morgan fingerprint density at radius 1 is 1.19 bits per heavy atom. The van der Waals surface area contributed by atoms with Gasteiger partial charge < -0.3 is 25.8 Å². The lowest BCUT2D eigenvalue weighted by atomic mass is 10.2. The van der Waals surface area contributed by atoms with E-state index in [0.717, 1.165) is 0 Å². The minimum absolute atomic E-state index is 0.0835. The number of primary amides is 1. The molecule has 0 fully saturated rings. The lowest BCUT2D eigenvalue weighted by Gasteiger charge is -2.17.